The Morgan fingerprint density at radius 1 is 1.03 bits per heavy atom. The number of rotatable bonds is 4. The first-order valence-corrected chi connectivity index (χ1v) is 11.6. The van der Waals surface area contributed by atoms with E-state index in [1.807, 2.05) is 22.6 Å². The van der Waals surface area contributed by atoms with Gasteiger partial charge in [0.1, 0.15) is 11.4 Å². The molecule has 0 radical (unpaired) electrons. The Balaban J connectivity index is 1.48. The molecule has 2 aliphatic heterocycles. The lowest BCUT2D eigenvalue weighted by atomic mass is 9.86. The molecule has 0 spiro atoms. The van der Waals surface area contributed by atoms with E-state index in [0.717, 1.165) is 0 Å². The lowest BCUT2D eigenvalue weighted by Gasteiger charge is -2.43. The first-order valence-electron chi connectivity index (χ1n) is 10.5. The number of hydrogen-bond donors (Lipinski definition) is 2. The van der Waals surface area contributed by atoms with Crippen LogP contribution in [0.4, 0.5) is 4.39 Å². The zero-order chi connectivity index (χ0) is 22.7. The van der Waals surface area contributed by atoms with Crippen LogP contribution in [-0.2, 0) is 4.79 Å². The van der Waals surface area contributed by atoms with Gasteiger partial charge < -0.3 is 24.9 Å². The number of amides is 3. The predicted molar refractivity (Wildman–Crippen MR) is 123 cm³/mol. The van der Waals surface area contributed by atoms with Crippen LogP contribution in [0.15, 0.2) is 41.0 Å². The van der Waals surface area contributed by atoms with Crippen LogP contribution < -0.4 is 10.6 Å². The maximum atomic E-state index is 14.4. The predicted octanol–water partition coefficient (Wildman–Crippen LogP) is 1.86. The SMILES string of the molecule is O=C(NC1(C(=O)N2CCN(C(=O)c3ccco3)CC2)CCNCC1)c1c(F)cccc1I. The van der Waals surface area contributed by atoms with Crippen molar-refractivity contribution in [2.24, 2.45) is 0 Å². The number of nitrogens with zero attached hydrogens (tertiary/aromatic N) is 2. The van der Waals surface area contributed by atoms with Crippen LogP contribution in [0, 0.1) is 9.39 Å². The van der Waals surface area contributed by atoms with Crippen LogP contribution in [0.1, 0.15) is 33.8 Å². The lowest BCUT2D eigenvalue weighted by Crippen LogP contribution is -2.65. The molecular formula is C22H24FIN4O4. The van der Waals surface area contributed by atoms with E-state index in [4.69, 9.17) is 4.42 Å². The molecule has 3 heterocycles. The average Bonchev–Trinajstić information content (AvgIpc) is 3.34. The second kappa shape index (κ2) is 9.57. The van der Waals surface area contributed by atoms with Gasteiger partial charge in [0.2, 0.25) is 5.91 Å². The minimum atomic E-state index is -1.11. The Labute approximate surface area is 198 Å². The van der Waals surface area contributed by atoms with E-state index in [0.29, 0.717) is 55.7 Å². The van der Waals surface area contributed by atoms with E-state index in [-0.39, 0.29) is 23.1 Å². The molecule has 2 saturated heterocycles. The molecule has 2 fully saturated rings. The zero-order valence-electron chi connectivity index (χ0n) is 17.4. The molecule has 8 nitrogen and oxygen atoms in total. The van der Waals surface area contributed by atoms with Gasteiger partial charge in [0.25, 0.3) is 11.8 Å². The van der Waals surface area contributed by atoms with Gasteiger partial charge in [-0.1, -0.05) is 6.07 Å². The summed E-state index contributed by atoms with van der Waals surface area (Å²) in [5.74, 6) is -1.33. The summed E-state index contributed by atoms with van der Waals surface area (Å²) in [7, 11) is 0. The van der Waals surface area contributed by atoms with E-state index in [9.17, 15) is 18.8 Å². The summed E-state index contributed by atoms with van der Waals surface area (Å²) < 4.78 is 20.0. The van der Waals surface area contributed by atoms with Crippen molar-refractivity contribution in [2.45, 2.75) is 18.4 Å². The van der Waals surface area contributed by atoms with Crippen molar-refractivity contribution in [1.29, 1.82) is 0 Å². The second-order valence-corrected chi connectivity index (χ2v) is 9.11. The molecule has 0 bridgehead atoms. The monoisotopic (exact) mass is 554 g/mol. The van der Waals surface area contributed by atoms with Crippen molar-refractivity contribution in [3.8, 4) is 0 Å². The molecular weight excluding hydrogens is 530 g/mol. The van der Waals surface area contributed by atoms with Crippen molar-refractivity contribution in [3.63, 3.8) is 0 Å². The van der Waals surface area contributed by atoms with Crippen molar-refractivity contribution < 1.29 is 23.2 Å². The summed E-state index contributed by atoms with van der Waals surface area (Å²) in [4.78, 5) is 42.4. The Hall–Kier alpha value is -2.47. The summed E-state index contributed by atoms with van der Waals surface area (Å²) in [5.41, 5.74) is -1.16. The van der Waals surface area contributed by atoms with Crippen molar-refractivity contribution in [2.75, 3.05) is 39.3 Å². The molecule has 2 aliphatic rings. The van der Waals surface area contributed by atoms with Crippen LogP contribution >= 0.6 is 22.6 Å². The summed E-state index contributed by atoms with van der Waals surface area (Å²) in [6.07, 6.45) is 2.27. The fourth-order valence-electron chi connectivity index (χ4n) is 4.21. The van der Waals surface area contributed by atoms with Crippen LogP contribution in [-0.4, -0.2) is 72.3 Å². The van der Waals surface area contributed by atoms with Crippen LogP contribution in [0.25, 0.3) is 0 Å². The molecule has 0 aliphatic carbocycles. The minimum Gasteiger partial charge on any atom is -0.459 e. The minimum absolute atomic E-state index is 0.0485. The highest BCUT2D eigenvalue weighted by Crippen LogP contribution is 2.25. The standard InChI is InChI=1S/C22H24FIN4O4/c23-15-3-1-4-16(24)18(15)19(29)26-22(6-8-25-9-7-22)21(31)28-12-10-27(11-13-28)20(30)17-5-2-14-32-17/h1-5,14,25H,6-13H2,(H,26,29). The average molecular weight is 554 g/mol. The number of benzene rings is 1. The van der Waals surface area contributed by atoms with Gasteiger partial charge >= 0.3 is 0 Å². The van der Waals surface area contributed by atoms with Crippen molar-refractivity contribution >= 4 is 40.3 Å². The third kappa shape index (κ3) is 4.51. The second-order valence-electron chi connectivity index (χ2n) is 7.94. The number of halogens is 2. The number of carbonyl (C=O) groups excluding carboxylic acids is 3. The molecule has 170 valence electrons. The first kappa shape index (κ1) is 22.7. The molecule has 2 aromatic rings. The Kier molecular flexibility index (Phi) is 6.79. The molecule has 32 heavy (non-hydrogen) atoms. The smallest absolute Gasteiger partial charge is 0.289 e. The molecule has 0 atom stereocenters. The van der Waals surface area contributed by atoms with Crippen molar-refractivity contribution in [3.05, 3.63) is 57.3 Å². The summed E-state index contributed by atoms with van der Waals surface area (Å²) in [6.45, 7) is 2.59. The quantitative estimate of drug-likeness (QED) is 0.563. The zero-order valence-corrected chi connectivity index (χ0v) is 19.6. The highest BCUT2D eigenvalue weighted by molar-refractivity contribution is 14.1. The summed E-state index contributed by atoms with van der Waals surface area (Å²) in [6, 6.07) is 7.72. The molecule has 3 amide bonds. The first-order chi connectivity index (χ1) is 15.4. The number of piperidine rings is 1. The Morgan fingerprint density at radius 3 is 2.34 bits per heavy atom. The van der Waals surface area contributed by atoms with Crippen LogP contribution in [0.5, 0.6) is 0 Å². The van der Waals surface area contributed by atoms with Gasteiger partial charge in [0.15, 0.2) is 5.76 Å². The third-order valence-electron chi connectivity index (χ3n) is 6.00. The molecule has 4 rings (SSSR count). The summed E-state index contributed by atoms with van der Waals surface area (Å²) >= 11 is 1.92. The lowest BCUT2D eigenvalue weighted by molar-refractivity contribution is -0.140. The highest BCUT2D eigenvalue weighted by Gasteiger charge is 2.44. The maximum absolute atomic E-state index is 14.4. The number of furan rings is 1. The van der Waals surface area contributed by atoms with Crippen molar-refractivity contribution in [1.82, 2.24) is 20.4 Å². The maximum Gasteiger partial charge on any atom is 0.289 e. The van der Waals surface area contributed by atoms with Crippen LogP contribution in [0.3, 0.4) is 0 Å². The molecule has 0 unspecified atom stereocenters. The Bertz CT molecular complexity index is 979. The molecule has 0 saturated carbocycles. The topological polar surface area (TPSA) is 94.9 Å². The van der Waals surface area contributed by atoms with Gasteiger partial charge in [0.05, 0.1) is 11.8 Å². The van der Waals surface area contributed by atoms with Gasteiger partial charge in [-0.15, -0.1) is 0 Å². The van der Waals surface area contributed by atoms with Crippen LogP contribution in [0.2, 0.25) is 0 Å². The number of hydrogen-bond acceptors (Lipinski definition) is 5. The van der Waals surface area contributed by atoms with E-state index in [2.05, 4.69) is 10.6 Å². The van der Waals surface area contributed by atoms with Gasteiger partial charge in [-0.25, -0.2) is 4.39 Å². The molecule has 1 aromatic heterocycles. The largest absolute Gasteiger partial charge is 0.459 e. The van der Waals surface area contributed by atoms with Gasteiger partial charge in [-0.3, -0.25) is 14.4 Å². The molecule has 2 N–H and O–H groups in total. The van der Waals surface area contributed by atoms with E-state index in [1.165, 1.54) is 12.3 Å². The Morgan fingerprint density at radius 2 is 1.72 bits per heavy atom. The van der Waals surface area contributed by atoms with Gasteiger partial charge in [0, 0.05) is 29.7 Å². The fourth-order valence-corrected chi connectivity index (χ4v) is 4.92. The summed E-state index contributed by atoms with van der Waals surface area (Å²) in [5, 5.41) is 6.08. The molecule has 1 aromatic carbocycles. The number of piperazine rings is 1. The third-order valence-corrected chi connectivity index (χ3v) is 6.89. The molecule has 10 heteroatoms. The normalized spacial score (nSPS) is 18.3. The number of nitrogens with one attached hydrogen (secondary N) is 2. The van der Waals surface area contributed by atoms with E-state index in [1.54, 1.807) is 34.1 Å². The number of carbonyl (C=O) groups is 3. The fraction of sp³-hybridized carbons (Fsp3) is 0.409. The van der Waals surface area contributed by atoms with Gasteiger partial charge in [-0.05, 0) is 72.8 Å². The van der Waals surface area contributed by atoms with Gasteiger partial charge in [-0.2, -0.15) is 0 Å². The van der Waals surface area contributed by atoms with E-state index < -0.39 is 17.3 Å². The van der Waals surface area contributed by atoms with E-state index >= 15 is 0 Å². The highest BCUT2D eigenvalue weighted by atomic mass is 127.